The van der Waals surface area contributed by atoms with Crippen molar-refractivity contribution >= 4 is 17.3 Å². The van der Waals surface area contributed by atoms with Gasteiger partial charge in [-0.05, 0) is 53.9 Å². The second-order valence-electron chi connectivity index (χ2n) is 6.96. The molecule has 1 amide bonds. The first-order valence-electron chi connectivity index (χ1n) is 9.63. The van der Waals surface area contributed by atoms with Crippen LogP contribution in [0.1, 0.15) is 41.0 Å². The standard InChI is InChI=1S/C24H24N2O2/c1-3-6-17-9-13-19(14-10-17)26-23(18-11-15-20(28-2)16-12-18)25-22-8-5-4-7-21(22)24(26)27/h4-5,7-16,23,25H,3,6H2,1-2H3. The Morgan fingerprint density at radius 1 is 0.964 bits per heavy atom. The molecule has 1 unspecified atom stereocenters. The third-order valence-electron chi connectivity index (χ3n) is 5.11. The summed E-state index contributed by atoms with van der Waals surface area (Å²) in [4.78, 5) is 15.2. The predicted octanol–water partition coefficient (Wildman–Crippen LogP) is 5.42. The lowest BCUT2D eigenvalue weighted by Gasteiger charge is -2.38. The first-order valence-corrected chi connectivity index (χ1v) is 9.63. The number of methoxy groups -OCH3 is 1. The number of fused-ring (bicyclic) bond motifs is 1. The lowest BCUT2D eigenvalue weighted by atomic mass is 10.0. The van der Waals surface area contributed by atoms with Crippen LogP contribution in [0.25, 0.3) is 0 Å². The van der Waals surface area contributed by atoms with Crippen LogP contribution in [-0.2, 0) is 6.42 Å². The summed E-state index contributed by atoms with van der Waals surface area (Å²) in [6, 6.07) is 23.8. The van der Waals surface area contributed by atoms with Crippen LogP contribution in [0.4, 0.5) is 11.4 Å². The van der Waals surface area contributed by atoms with Crippen LogP contribution in [0, 0.1) is 0 Å². The third-order valence-corrected chi connectivity index (χ3v) is 5.11. The van der Waals surface area contributed by atoms with Gasteiger partial charge in [-0.2, -0.15) is 0 Å². The Morgan fingerprint density at radius 2 is 1.68 bits per heavy atom. The summed E-state index contributed by atoms with van der Waals surface area (Å²) in [5.74, 6) is 0.792. The van der Waals surface area contributed by atoms with E-state index in [0.29, 0.717) is 5.56 Å². The van der Waals surface area contributed by atoms with Gasteiger partial charge in [0.05, 0.1) is 12.7 Å². The molecule has 0 saturated heterocycles. The molecule has 0 fully saturated rings. The van der Waals surface area contributed by atoms with Gasteiger partial charge in [0.25, 0.3) is 5.91 Å². The molecule has 1 heterocycles. The van der Waals surface area contributed by atoms with Crippen molar-refractivity contribution in [1.29, 1.82) is 0 Å². The SMILES string of the molecule is CCCc1ccc(N2C(=O)c3ccccc3NC2c2ccc(OC)cc2)cc1. The van der Waals surface area contributed by atoms with Gasteiger partial charge < -0.3 is 10.1 Å². The van der Waals surface area contributed by atoms with Crippen molar-refractivity contribution in [3.63, 3.8) is 0 Å². The van der Waals surface area contributed by atoms with Gasteiger partial charge in [0.2, 0.25) is 0 Å². The number of hydrogen-bond donors (Lipinski definition) is 1. The molecule has 0 spiro atoms. The molecule has 28 heavy (non-hydrogen) atoms. The van der Waals surface area contributed by atoms with Gasteiger partial charge >= 0.3 is 0 Å². The molecule has 0 radical (unpaired) electrons. The van der Waals surface area contributed by atoms with Gasteiger partial charge in [-0.3, -0.25) is 9.69 Å². The van der Waals surface area contributed by atoms with Gasteiger partial charge in [-0.25, -0.2) is 0 Å². The molecule has 4 nitrogen and oxygen atoms in total. The number of ether oxygens (including phenoxy) is 1. The quantitative estimate of drug-likeness (QED) is 0.650. The molecule has 4 heteroatoms. The smallest absolute Gasteiger partial charge is 0.262 e. The minimum atomic E-state index is -0.287. The van der Waals surface area contributed by atoms with Crippen molar-refractivity contribution in [2.75, 3.05) is 17.3 Å². The Hall–Kier alpha value is -3.27. The minimum absolute atomic E-state index is 0.00147. The van der Waals surface area contributed by atoms with Crippen molar-refractivity contribution in [1.82, 2.24) is 0 Å². The number of carbonyl (C=O) groups is 1. The highest BCUT2D eigenvalue weighted by molar-refractivity contribution is 6.12. The monoisotopic (exact) mass is 372 g/mol. The van der Waals surface area contributed by atoms with E-state index in [1.54, 1.807) is 7.11 Å². The van der Waals surface area contributed by atoms with Gasteiger partial charge in [0.15, 0.2) is 0 Å². The second kappa shape index (κ2) is 7.77. The summed E-state index contributed by atoms with van der Waals surface area (Å²) < 4.78 is 5.28. The normalized spacial score (nSPS) is 15.7. The van der Waals surface area contributed by atoms with Gasteiger partial charge in [0, 0.05) is 11.4 Å². The fraction of sp³-hybridized carbons (Fsp3) is 0.208. The Labute approximate surface area is 165 Å². The molecule has 3 aromatic rings. The first-order chi connectivity index (χ1) is 13.7. The molecular formula is C24H24N2O2. The zero-order valence-corrected chi connectivity index (χ0v) is 16.2. The maximum atomic E-state index is 13.4. The molecule has 4 rings (SSSR count). The average Bonchev–Trinajstić information content (AvgIpc) is 2.75. The number of benzene rings is 3. The number of rotatable bonds is 5. The molecule has 3 aromatic carbocycles. The van der Waals surface area contributed by atoms with Crippen molar-refractivity contribution in [3.05, 3.63) is 89.5 Å². The van der Waals surface area contributed by atoms with Crippen molar-refractivity contribution in [2.24, 2.45) is 0 Å². The Bertz CT molecular complexity index is 965. The highest BCUT2D eigenvalue weighted by Gasteiger charge is 2.33. The topological polar surface area (TPSA) is 41.6 Å². The first kappa shape index (κ1) is 18.1. The third kappa shape index (κ3) is 3.33. The van der Waals surface area contributed by atoms with E-state index in [1.165, 1.54) is 5.56 Å². The number of para-hydroxylation sites is 1. The van der Waals surface area contributed by atoms with Crippen LogP contribution in [0.2, 0.25) is 0 Å². The summed E-state index contributed by atoms with van der Waals surface area (Å²) >= 11 is 0. The molecule has 0 saturated carbocycles. The lowest BCUT2D eigenvalue weighted by Crippen LogP contribution is -2.43. The fourth-order valence-electron chi connectivity index (χ4n) is 3.65. The van der Waals surface area contributed by atoms with Gasteiger partial charge in [0.1, 0.15) is 11.9 Å². The Kier molecular flexibility index (Phi) is 5.02. The molecule has 1 atom stereocenters. The fourth-order valence-corrected chi connectivity index (χ4v) is 3.65. The van der Waals surface area contributed by atoms with E-state index in [9.17, 15) is 4.79 Å². The van der Waals surface area contributed by atoms with E-state index in [4.69, 9.17) is 4.74 Å². The van der Waals surface area contributed by atoms with E-state index in [0.717, 1.165) is 35.5 Å². The maximum Gasteiger partial charge on any atom is 0.262 e. The summed E-state index contributed by atoms with van der Waals surface area (Å²) in [5, 5.41) is 3.53. The van der Waals surface area contributed by atoms with Gasteiger partial charge in [-0.15, -0.1) is 0 Å². The number of hydrogen-bond acceptors (Lipinski definition) is 3. The molecule has 1 N–H and O–H groups in total. The van der Waals surface area contributed by atoms with Gasteiger partial charge in [-0.1, -0.05) is 49.7 Å². The number of amides is 1. The summed E-state index contributed by atoms with van der Waals surface area (Å²) in [6.07, 6.45) is 1.85. The number of anilines is 2. The average molecular weight is 372 g/mol. The zero-order chi connectivity index (χ0) is 19.5. The Balaban J connectivity index is 1.77. The summed E-state index contributed by atoms with van der Waals surface area (Å²) in [5.41, 5.74) is 4.70. The van der Waals surface area contributed by atoms with Crippen molar-refractivity contribution in [2.45, 2.75) is 25.9 Å². The molecule has 0 aliphatic carbocycles. The molecular weight excluding hydrogens is 348 g/mol. The Morgan fingerprint density at radius 3 is 2.36 bits per heavy atom. The number of nitrogens with zero attached hydrogens (tertiary/aromatic N) is 1. The van der Waals surface area contributed by atoms with E-state index in [1.807, 2.05) is 65.6 Å². The van der Waals surface area contributed by atoms with E-state index in [2.05, 4.69) is 24.4 Å². The molecule has 0 aromatic heterocycles. The van der Waals surface area contributed by atoms with E-state index >= 15 is 0 Å². The van der Waals surface area contributed by atoms with E-state index < -0.39 is 0 Å². The number of nitrogens with one attached hydrogen (secondary N) is 1. The molecule has 142 valence electrons. The maximum absolute atomic E-state index is 13.4. The highest BCUT2D eigenvalue weighted by atomic mass is 16.5. The van der Waals surface area contributed by atoms with Crippen LogP contribution in [-0.4, -0.2) is 13.0 Å². The van der Waals surface area contributed by atoms with E-state index in [-0.39, 0.29) is 12.1 Å². The lowest BCUT2D eigenvalue weighted by molar-refractivity contribution is 0.0975. The number of carbonyl (C=O) groups excluding carboxylic acids is 1. The largest absolute Gasteiger partial charge is 0.497 e. The molecule has 1 aliphatic heterocycles. The molecule has 0 bridgehead atoms. The number of aryl methyl sites for hydroxylation is 1. The van der Waals surface area contributed by atoms with Crippen LogP contribution in [0.3, 0.4) is 0 Å². The summed E-state index contributed by atoms with van der Waals surface area (Å²) in [6.45, 7) is 2.17. The van der Waals surface area contributed by atoms with Crippen LogP contribution < -0.4 is 15.0 Å². The van der Waals surface area contributed by atoms with Crippen LogP contribution in [0.15, 0.2) is 72.8 Å². The minimum Gasteiger partial charge on any atom is -0.497 e. The van der Waals surface area contributed by atoms with Crippen LogP contribution in [0.5, 0.6) is 5.75 Å². The second-order valence-corrected chi connectivity index (χ2v) is 6.96. The molecule has 1 aliphatic rings. The van der Waals surface area contributed by atoms with Crippen molar-refractivity contribution < 1.29 is 9.53 Å². The predicted molar refractivity (Wildman–Crippen MR) is 113 cm³/mol. The highest BCUT2D eigenvalue weighted by Crippen LogP contribution is 2.37. The van der Waals surface area contributed by atoms with Crippen molar-refractivity contribution in [3.8, 4) is 5.75 Å². The van der Waals surface area contributed by atoms with Crippen LogP contribution >= 0.6 is 0 Å². The summed E-state index contributed by atoms with van der Waals surface area (Å²) in [7, 11) is 1.65. The zero-order valence-electron chi connectivity index (χ0n) is 16.2.